The van der Waals surface area contributed by atoms with Crippen LogP contribution in [0.25, 0.3) is 0 Å². The van der Waals surface area contributed by atoms with Gasteiger partial charge >= 0.3 is 0 Å². The van der Waals surface area contributed by atoms with Crippen LogP contribution >= 0.6 is 0 Å². The van der Waals surface area contributed by atoms with Gasteiger partial charge in [-0.05, 0) is 39.4 Å². The summed E-state index contributed by atoms with van der Waals surface area (Å²) in [5.41, 5.74) is 0. The zero-order chi connectivity index (χ0) is 14.5. The van der Waals surface area contributed by atoms with Gasteiger partial charge in [0.1, 0.15) is 0 Å². The van der Waals surface area contributed by atoms with E-state index in [1.54, 1.807) is 0 Å². The highest BCUT2D eigenvalue weighted by atomic mass is 16.5. The number of piperazine rings is 1. The molecule has 2 atom stereocenters. The normalized spacial score (nSPS) is 28.5. The second-order valence-electron chi connectivity index (χ2n) is 7.01. The Kier molecular flexibility index (Phi) is 6.27. The van der Waals surface area contributed by atoms with Gasteiger partial charge in [-0.15, -0.1) is 0 Å². The molecule has 2 unspecified atom stereocenters. The zero-order valence-corrected chi connectivity index (χ0v) is 13.8. The molecule has 4 nitrogen and oxygen atoms in total. The van der Waals surface area contributed by atoms with E-state index >= 15 is 0 Å². The fourth-order valence-corrected chi connectivity index (χ4v) is 3.52. The second-order valence-corrected chi connectivity index (χ2v) is 7.01. The van der Waals surface area contributed by atoms with Crippen LogP contribution in [-0.4, -0.2) is 86.8 Å². The van der Waals surface area contributed by atoms with Crippen LogP contribution in [0.2, 0.25) is 0 Å². The van der Waals surface area contributed by atoms with Crippen LogP contribution in [0.1, 0.15) is 26.7 Å². The summed E-state index contributed by atoms with van der Waals surface area (Å²) in [6.45, 7) is 12.4. The van der Waals surface area contributed by atoms with Gasteiger partial charge in [-0.25, -0.2) is 0 Å². The molecule has 2 fully saturated rings. The Bertz CT molecular complexity index is 283. The van der Waals surface area contributed by atoms with Gasteiger partial charge in [0.05, 0.1) is 13.2 Å². The van der Waals surface area contributed by atoms with E-state index in [4.69, 9.17) is 4.74 Å². The lowest BCUT2D eigenvalue weighted by Gasteiger charge is -2.45. The average molecular weight is 283 g/mol. The smallest absolute Gasteiger partial charge is 0.0594 e. The first-order valence-corrected chi connectivity index (χ1v) is 8.28. The topological polar surface area (TPSA) is 19.0 Å². The van der Waals surface area contributed by atoms with E-state index in [0.29, 0.717) is 6.04 Å². The van der Waals surface area contributed by atoms with Crippen LogP contribution in [0.3, 0.4) is 0 Å². The number of hydrogen-bond donors (Lipinski definition) is 0. The van der Waals surface area contributed by atoms with E-state index in [0.717, 1.165) is 38.3 Å². The van der Waals surface area contributed by atoms with Gasteiger partial charge in [0.15, 0.2) is 0 Å². The number of hydrogen-bond acceptors (Lipinski definition) is 4. The maximum absolute atomic E-state index is 5.79. The molecule has 0 aromatic heterocycles. The van der Waals surface area contributed by atoms with Crippen molar-refractivity contribution in [3.05, 3.63) is 0 Å². The average Bonchev–Trinajstić information content (AvgIpc) is 2.83. The highest BCUT2D eigenvalue weighted by molar-refractivity contribution is 4.93. The molecule has 2 aliphatic heterocycles. The summed E-state index contributed by atoms with van der Waals surface area (Å²) >= 11 is 0. The summed E-state index contributed by atoms with van der Waals surface area (Å²) in [5.74, 6) is 0.735. The standard InChI is InChI=1S/C16H33N3O/c1-14(2)16-13-18-7-5-6-15(18)12-19(16)9-11-20-10-8-17(3)4/h14-16H,5-13H2,1-4H3. The lowest BCUT2D eigenvalue weighted by Crippen LogP contribution is -2.58. The highest BCUT2D eigenvalue weighted by Gasteiger charge is 2.36. The number of nitrogens with zero attached hydrogens (tertiary/aromatic N) is 3. The Morgan fingerprint density at radius 1 is 1.20 bits per heavy atom. The molecule has 0 spiro atoms. The molecule has 0 aliphatic carbocycles. The SMILES string of the molecule is CC(C)C1CN2CCCC2CN1CCOCCN(C)C. The van der Waals surface area contributed by atoms with Gasteiger partial charge in [-0.3, -0.25) is 9.80 Å². The number of rotatable bonds is 7. The molecule has 2 heterocycles. The maximum atomic E-state index is 5.79. The number of likely N-dealkylation sites (N-methyl/N-ethyl adjacent to an activating group) is 1. The largest absolute Gasteiger partial charge is 0.379 e. The Morgan fingerprint density at radius 2 is 2.00 bits per heavy atom. The number of fused-ring (bicyclic) bond motifs is 1. The molecule has 118 valence electrons. The Labute approximate surface area is 125 Å². The minimum Gasteiger partial charge on any atom is -0.379 e. The van der Waals surface area contributed by atoms with E-state index < -0.39 is 0 Å². The van der Waals surface area contributed by atoms with Crippen molar-refractivity contribution >= 4 is 0 Å². The zero-order valence-electron chi connectivity index (χ0n) is 13.8. The van der Waals surface area contributed by atoms with Crippen LogP contribution in [0.4, 0.5) is 0 Å². The lowest BCUT2D eigenvalue weighted by molar-refractivity contribution is 0.00613. The number of ether oxygens (including phenoxy) is 1. The van der Waals surface area contributed by atoms with Crippen molar-refractivity contribution < 1.29 is 4.74 Å². The monoisotopic (exact) mass is 283 g/mol. The van der Waals surface area contributed by atoms with E-state index in [-0.39, 0.29) is 0 Å². The Morgan fingerprint density at radius 3 is 2.70 bits per heavy atom. The van der Waals surface area contributed by atoms with Crippen LogP contribution in [0.15, 0.2) is 0 Å². The predicted molar refractivity (Wildman–Crippen MR) is 84.2 cm³/mol. The molecule has 0 aromatic carbocycles. The molecule has 0 amide bonds. The molecule has 20 heavy (non-hydrogen) atoms. The maximum Gasteiger partial charge on any atom is 0.0594 e. The van der Waals surface area contributed by atoms with Crippen molar-refractivity contribution in [2.45, 2.75) is 38.8 Å². The molecule has 0 saturated carbocycles. The molecule has 4 heteroatoms. The van der Waals surface area contributed by atoms with Crippen LogP contribution in [0.5, 0.6) is 0 Å². The molecule has 0 aromatic rings. The Balaban J connectivity index is 1.75. The predicted octanol–water partition coefficient (Wildman–Crippen LogP) is 1.37. The first-order valence-electron chi connectivity index (χ1n) is 8.28. The summed E-state index contributed by atoms with van der Waals surface area (Å²) in [6.07, 6.45) is 2.78. The molecule has 0 N–H and O–H groups in total. The summed E-state index contributed by atoms with van der Waals surface area (Å²) in [7, 11) is 4.19. The van der Waals surface area contributed by atoms with Gasteiger partial charge < -0.3 is 9.64 Å². The van der Waals surface area contributed by atoms with Crippen molar-refractivity contribution in [1.29, 1.82) is 0 Å². The molecular weight excluding hydrogens is 250 g/mol. The summed E-state index contributed by atoms with van der Waals surface area (Å²) in [6, 6.07) is 1.52. The third-order valence-electron chi connectivity index (χ3n) is 4.81. The van der Waals surface area contributed by atoms with Crippen molar-refractivity contribution in [2.24, 2.45) is 5.92 Å². The third-order valence-corrected chi connectivity index (χ3v) is 4.81. The van der Waals surface area contributed by atoms with Gasteiger partial charge in [-0.2, -0.15) is 0 Å². The van der Waals surface area contributed by atoms with Crippen molar-refractivity contribution in [3.8, 4) is 0 Å². The van der Waals surface area contributed by atoms with Crippen LogP contribution in [-0.2, 0) is 4.74 Å². The van der Waals surface area contributed by atoms with Crippen LogP contribution < -0.4 is 0 Å². The third kappa shape index (κ3) is 4.42. The fraction of sp³-hybridized carbons (Fsp3) is 1.00. The van der Waals surface area contributed by atoms with Gasteiger partial charge in [0.25, 0.3) is 0 Å². The van der Waals surface area contributed by atoms with Gasteiger partial charge in [0, 0.05) is 38.3 Å². The molecular formula is C16H33N3O. The van der Waals surface area contributed by atoms with E-state index in [2.05, 4.69) is 42.6 Å². The van der Waals surface area contributed by atoms with Crippen molar-refractivity contribution in [3.63, 3.8) is 0 Å². The second kappa shape index (κ2) is 7.74. The minimum atomic E-state index is 0.710. The first kappa shape index (κ1) is 16.2. The highest BCUT2D eigenvalue weighted by Crippen LogP contribution is 2.27. The van der Waals surface area contributed by atoms with E-state index in [1.165, 1.54) is 32.5 Å². The molecule has 0 bridgehead atoms. The fourth-order valence-electron chi connectivity index (χ4n) is 3.52. The summed E-state index contributed by atoms with van der Waals surface area (Å²) < 4.78 is 5.79. The van der Waals surface area contributed by atoms with E-state index in [1.807, 2.05) is 0 Å². The summed E-state index contributed by atoms with van der Waals surface area (Å²) in [5, 5.41) is 0. The van der Waals surface area contributed by atoms with Crippen molar-refractivity contribution in [1.82, 2.24) is 14.7 Å². The molecule has 0 radical (unpaired) electrons. The van der Waals surface area contributed by atoms with Crippen molar-refractivity contribution in [2.75, 3.05) is 60.0 Å². The quantitative estimate of drug-likeness (QED) is 0.657. The lowest BCUT2D eigenvalue weighted by atomic mass is 9.97. The minimum absolute atomic E-state index is 0.710. The first-order chi connectivity index (χ1) is 9.58. The van der Waals surface area contributed by atoms with Gasteiger partial charge in [-0.1, -0.05) is 13.8 Å². The molecule has 2 saturated heterocycles. The molecule has 2 rings (SSSR count). The Hall–Kier alpha value is -0.160. The van der Waals surface area contributed by atoms with Gasteiger partial charge in [0.2, 0.25) is 0 Å². The summed E-state index contributed by atoms with van der Waals surface area (Å²) in [4.78, 5) is 7.58. The molecule has 2 aliphatic rings. The van der Waals surface area contributed by atoms with E-state index in [9.17, 15) is 0 Å². The van der Waals surface area contributed by atoms with Crippen LogP contribution in [0, 0.1) is 5.92 Å².